The minimum atomic E-state index is -0.261. The largest absolute Gasteiger partial charge is 0.392 e. The van der Waals surface area contributed by atoms with Gasteiger partial charge in [-0.15, -0.1) is 0 Å². The Labute approximate surface area is 91.5 Å². The van der Waals surface area contributed by atoms with Gasteiger partial charge < -0.3 is 10.0 Å². The zero-order valence-electron chi connectivity index (χ0n) is 9.70. The van der Waals surface area contributed by atoms with Gasteiger partial charge in [0.1, 0.15) is 0 Å². The quantitative estimate of drug-likeness (QED) is 0.712. The Morgan fingerprint density at radius 3 is 2.47 bits per heavy atom. The van der Waals surface area contributed by atoms with Crippen molar-refractivity contribution in [3.63, 3.8) is 0 Å². The molecule has 0 aromatic carbocycles. The highest BCUT2D eigenvalue weighted by atomic mass is 16.3. The highest BCUT2D eigenvalue weighted by Crippen LogP contribution is 2.33. The van der Waals surface area contributed by atoms with E-state index in [9.17, 15) is 9.90 Å². The molecule has 1 aliphatic heterocycles. The lowest BCUT2D eigenvalue weighted by Gasteiger charge is -2.43. The Morgan fingerprint density at radius 2 is 2.00 bits per heavy atom. The fourth-order valence-electron chi connectivity index (χ4n) is 2.45. The number of carbonyl (C=O) groups excluding carboxylic acids is 1. The minimum Gasteiger partial charge on any atom is -0.392 e. The van der Waals surface area contributed by atoms with Gasteiger partial charge in [0, 0.05) is 24.4 Å². The lowest BCUT2D eigenvalue weighted by molar-refractivity contribution is -0.144. The van der Waals surface area contributed by atoms with Crippen LogP contribution in [0.25, 0.3) is 0 Å². The lowest BCUT2D eigenvalue weighted by atomic mass is 9.79. The van der Waals surface area contributed by atoms with Gasteiger partial charge in [-0.25, -0.2) is 0 Å². The van der Waals surface area contributed by atoms with Crippen molar-refractivity contribution in [1.29, 1.82) is 0 Å². The second-order valence-electron chi connectivity index (χ2n) is 5.68. The van der Waals surface area contributed by atoms with Crippen molar-refractivity contribution in [3.05, 3.63) is 0 Å². The first-order valence-corrected chi connectivity index (χ1v) is 5.97. The Bertz CT molecular complexity index is 258. The number of hydrogen-bond acceptors (Lipinski definition) is 2. The van der Waals surface area contributed by atoms with Crippen LogP contribution in [0, 0.1) is 11.3 Å². The van der Waals surface area contributed by atoms with Crippen molar-refractivity contribution in [2.45, 2.75) is 45.6 Å². The maximum absolute atomic E-state index is 12.0. The molecule has 0 aromatic heterocycles. The number of carbonyl (C=O) groups is 1. The molecule has 0 aromatic rings. The molecule has 1 saturated carbocycles. The summed E-state index contributed by atoms with van der Waals surface area (Å²) in [5, 5.41) is 9.81. The first kappa shape index (κ1) is 10.9. The first-order valence-electron chi connectivity index (χ1n) is 5.97. The monoisotopic (exact) mass is 211 g/mol. The predicted octanol–water partition coefficient (Wildman–Crippen LogP) is 1.41. The standard InChI is InChI=1S/C12H21NO2/c1-12(2)8-13(7-6-10(12)14)11(15)9-4-3-5-9/h9-10,14H,3-8H2,1-2H3. The maximum Gasteiger partial charge on any atom is 0.225 e. The predicted molar refractivity (Wildman–Crippen MR) is 58.3 cm³/mol. The van der Waals surface area contributed by atoms with Crippen LogP contribution in [0.4, 0.5) is 0 Å². The number of aliphatic hydroxyl groups excluding tert-OH is 1. The van der Waals surface area contributed by atoms with Crippen LogP contribution in [-0.4, -0.2) is 35.1 Å². The summed E-state index contributed by atoms with van der Waals surface area (Å²) in [6.45, 7) is 5.53. The van der Waals surface area contributed by atoms with E-state index in [-0.39, 0.29) is 17.4 Å². The highest BCUT2D eigenvalue weighted by molar-refractivity contribution is 5.79. The second kappa shape index (κ2) is 3.78. The molecule has 1 aliphatic carbocycles. The summed E-state index contributed by atoms with van der Waals surface area (Å²) in [5.41, 5.74) is -0.141. The van der Waals surface area contributed by atoms with E-state index in [1.54, 1.807) is 0 Å². The molecule has 1 atom stereocenters. The number of piperidine rings is 1. The van der Waals surface area contributed by atoms with Gasteiger partial charge in [0.05, 0.1) is 6.10 Å². The minimum absolute atomic E-state index is 0.141. The van der Waals surface area contributed by atoms with E-state index in [0.717, 1.165) is 25.8 Å². The molecular formula is C12H21NO2. The van der Waals surface area contributed by atoms with Gasteiger partial charge in [-0.05, 0) is 19.3 Å². The Kier molecular flexibility index (Phi) is 2.75. The molecule has 3 nitrogen and oxygen atoms in total. The molecule has 0 radical (unpaired) electrons. The number of aliphatic hydroxyl groups is 1. The molecule has 1 amide bonds. The highest BCUT2D eigenvalue weighted by Gasteiger charge is 2.39. The average molecular weight is 211 g/mol. The number of likely N-dealkylation sites (tertiary alicyclic amines) is 1. The van der Waals surface area contributed by atoms with Crippen molar-refractivity contribution in [1.82, 2.24) is 4.90 Å². The molecular weight excluding hydrogens is 190 g/mol. The summed E-state index contributed by atoms with van der Waals surface area (Å²) in [6.07, 6.45) is 3.81. The molecule has 1 saturated heterocycles. The van der Waals surface area contributed by atoms with Crippen LogP contribution in [0.15, 0.2) is 0 Å². The normalized spacial score (nSPS) is 31.1. The third kappa shape index (κ3) is 2.03. The summed E-state index contributed by atoms with van der Waals surface area (Å²) in [7, 11) is 0. The van der Waals surface area contributed by atoms with Gasteiger partial charge in [-0.1, -0.05) is 20.3 Å². The molecule has 0 bridgehead atoms. The van der Waals surface area contributed by atoms with Crippen molar-refractivity contribution < 1.29 is 9.90 Å². The fourth-order valence-corrected chi connectivity index (χ4v) is 2.45. The summed E-state index contributed by atoms with van der Waals surface area (Å²) in [4.78, 5) is 14.0. The topological polar surface area (TPSA) is 40.5 Å². The fraction of sp³-hybridized carbons (Fsp3) is 0.917. The number of nitrogens with zero attached hydrogens (tertiary/aromatic N) is 1. The van der Waals surface area contributed by atoms with E-state index < -0.39 is 0 Å². The molecule has 1 unspecified atom stereocenters. The lowest BCUT2D eigenvalue weighted by Crippen LogP contribution is -2.52. The van der Waals surface area contributed by atoms with E-state index in [2.05, 4.69) is 0 Å². The van der Waals surface area contributed by atoms with Crippen LogP contribution in [0.1, 0.15) is 39.5 Å². The first-order chi connectivity index (χ1) is 7.00. The van der Waals surface area contributed by atoms with Crippen LogP contribution < -0.4 is 0 Å². The number of amides is 1. The van der Waals surface area contributed by atoms with E-state index in [1.165, 1.54) is 6.42 Å². The summed E-state index contributed by atoms with van der Waals surface area (Å²) >= 11 is 0. The van der Waals surface area contributed by atoms with E-state index in [4.69, 9.17) is 0 Å². The van der Waals surface area contributed by atoms with Crippen molar-refractivity contribution >= 4 is 5.91 Å². The van der Waals surface area contributed by atoms with Crippen LogP contribution in [0.5, 0.6) is 0 Å². The Balaban J connectivity index is 1.96. The molecule has 0 spiro atoms. The SMILES string of the molecule is CC1(C)CN(C(=O)C2CCC2)CCC1O. The smallest absolute Gasteiger partial charge is 0.225 e. The van der Waals surface area contributed by atoms with Gasteiger partial charge in [0.15, 0.2) is 0 Å². The Hall–Kier alpha value is -0.570. The van der Waals surface area contributed by atoms with Crippen molar-refractivity contribution in [2.24, 2.45) is 11.3 Å². The summed E-state index contributed by atoms with van der Waals surface area (Å²) in [6, 6.07) is 0. The van der Waals surface area contributed by atoms with Gasteiger partial charge in [0.2, 0.25) is 5.91 Å². The van der Waals surface area contributed by atoms with Crippen LogP contribution >= 0.6 is 0 Å². The molecule has 15 heavy (non-hydrogen) atoms. The molecule has 2 aliphatic rings. The third-order valence-corrected chi connectivity index (χ3v) is 3.94. The maximum atomic E-state index is 12.0. The van der Waals surface area contributed by atoms with Gasteiger partial charge in [-0.3, -0.25) is 4.79 Å². The van der Waals surface area contributed by atoms with E-state index in [1.807, 2.05) is 18.7 Å². The zero-order chi connectivity index (χ0) is 11.1. The summed E-state index contributed by atoms with van der Waals surface area (Å²) in [5.74, 6) is 0.609. The van der Waals surface area contributed by atoms with Gasteiger partial charge in [0.25, 0.3) is 0 Å². The summed E-state index contributed by atoms with van der Waals surface area (Å²) < 4.78 is 0. The van der Waals surface area contributed by atoms with E-state index in [0.29, 0.717) is 12.5 Å². The van der Waals surface area contributed by atoms with Crippen LogP contribution in [-0.2, 0) is 4.79 Å². The third-order valence-electron chi connectivity index (χ3n) is 3.94. The average Bonchev–Trinajstić information content (AvgIpc) is 2.06. The number of rotatable bonds is 1. The van der Waals surface area contributed by atoms with Gasteiger partial charge >= 0.3 is 0 Å². The number of hydrogen-bond donors (Lipinski definition) is 1. The Morgan fingerprint density at radius 1 is 1.33 bits per heavy atom. The van der Waals surface area contributed by atoms with E-state index >= 15 is 0 Å². The second-order valence-corrected chi connectivity index (χ2v) is 5.68. The molecule has 86 valence electrons. The van der Waals surface area contributed by atoms with Crippen molar-refractivity contribution in [3.8, 4) is 0 Å². The molecule has 1 heterocycles. The van der Waals surface area contributed by atoms with Crippen LogP contribution in [0.3, 0.4) is 0 Å². The molecule has 2 rings (SSSR count). The molecule has 3 heteroatoms. The zero-order valence-corrected chi connectivity index (χ0v) is 9.70. The van der Waals surface area contributed by atoms with Crippen molar-refractivity contribution in [2.75, 3.05) is 13.1 Å². The molecule has 1 N–H and O–H groups in total. The molecule has 2 fully saturated rings. The van der Waals surface area contributed by atoms with Crippen LogP contribution in [0.2, 0.25) is 0 Å². The van der Waals surface area contributed by atoms with Gasteiger partial charge in [-0.2, -0.15) is 0 Å².